The van der Waals surface area contributed by atoms with Crippen molar-refractivity contribution in [1.29, 1.82) is 0 Å². The van der Waals surface area contributed by atoms with Gasteiger partial charge in [0.2, 0.25) is 0 Å². The van der Waals surface area contributed by atoms with Crippen molar-refractivity contribution in [1.82, 2.24) is 4.90 Å². The van der Waals surface area contributed by atoms with Crippen molar-refractivity contribution in [3.63, 3.8) is 0 Å². The summed E-state index contributed by atoms with van der Waals surface area (Å²) in [5.41, 5.74) is 0. The van der Waals surface area contributed by atoms with E-state index in [0.717, 1.165) is 0 Å². The van der Waals surface area contributed by atoms with Crippen LogP contribution in [0.1, 0.15) is 6.42 Å². The van der Waals surface area contributed by atoms with E-state index in [9.17, 15) is 14.2 Å². The van der Waals surface area contributed by atoms with E-state index < -0.39 is 29.0 Å². The minimum Gasteiger partial charge on any atom is -0.378 e. The monoisotopic (exact) mass is 261 g/mol. The SMILES string of the molecule is CN(C)C(O)CC(O[P+](=O)O)O[P+](=O)O. The van der Waals surface area contributed by atoms with Crippen LogP contribution in [-0.4, -0.2) is 46.4 Å². The van der Waals surface area contributed by atoms with E-state index >= 15 is 0 Å². The van der Waals surface area contributed by atoms with Crippen molar-refractivity contribution in [3.05, 3.63) is 0 Å². The molecule has 0 aliphatic rings. The number of rotatable bonds is 7. The van der Waals surface area contributed by atoms with Crippen LogP contribution in [0.25, 0.3) is 0 Å². The molecule has 0 aliphatic carbocycles. The maximum atomic E-state index is 10.3. The lowest BCUT2D eigenvalue weighted by Crippen LogP contribution is -2.32. The lowest BCUT2D eigenvalue weighted by molar-refractivity contribution is -0.0669. The lowest BCUT2D eigenvalue weighted by Gasteiger charge is -2.18. The molecular formula is C5H13NO7P2+2. The Morgan fingerprint density at radius 1 is 1.20 bits per heavy atom. The molecular weight excluding hydrogens is 248 g/mol. The van der Waals surface area contributed by atoms with Crippen molar-refractivity contribution >= 4 is 16.5 Å². The van der Waals surface area contributed by atoms with Crippen LogP contribution in [0.5, 0.6) is 0 Å². The summed E-state index contributed by atoms with van der Waals surface area (Å²) in [5, 5.41) is 9.34. The topological polar surface area (TPSA) is 117 Å². The predicted octanol–water partition coefficient (Wildman–Crippen LogP) is -0.0848. The molecule has 88 valence electrons. The van der Waals surface area contributed by atoms with Crippen LogP contribution in [0.3, 0.4) is 0 Å². The highest BCUT2D eigenvalue weighted by atomic mass is 31.1. The van der Waals surface area contributed by atoms with Gasteiger partial charge in [0, 0.05) is 15.6 Å². The van der Waals surface area contributed by atoms with Gasteiger partial charge in [-0.05, 0) is 14.1 Å². The molecule has 0 bridgehead atoms. The van der Waals surface area contributed by atoms with Gasteiger partial charge in [0.15, 0.2) is 0 Å². The maximum Gasteiger partial charge on any atom is 0.697 e. The molecule has 8 nitrogen and oxygen atoms in total. The molecule has 3 unspecified atom stereocenters. The average molecular weight is 261 g/mol. The molecule has 0 aromatic carbocycles. The molecule has 0 amide bonds. The third-order valence-corrected chi connectivity index (χ3v) is 2.25. The van der Waals surface area contributed by atoms with Gasteiger partial charge in [0.1, 0.15) is 6.23 Å². The molecule has 0 heterocycles. The number of aliphatic hydroxyl groups excluding tert-OH is 1. The van der Waals surface area contributed by atoms with E-state index in [-0.39, 0.29) is 6.42 Å². The van der Waals surface area contributed by atoms with Gasteiger partial charge in [0.25, 0.3) is 6.29 Å². The highest BCUT2D eigenvalue weighted by Crippen LogP contribution is 2.28. The smallest absolute Gasteiger partial charge is 0.378 e. The van der Waals surface area contributed by atoms with E-state index in [1.54, 1.807) is 14.1 Å². The average Bonchev–Trinajstić information content (AvgIpc) is 2.00. The van der Waals surface area contributed by atoms with E-state index in [1.165, 1.54) is 4.90 Å². The van der Waals surface area contributed by atoms with E-state index in [2.05, 4.69) is 9.05 Å². The van der Waals surface area contributed by atoms with Crippen molar-refractivity contribution in [2.24, 2.45) is 0 Å². The van der Waals surface area contributed by atoms with Gasteiger partial charge >= 0.3 is 16.5 Å². The van der Waals surface area contributed by atoms with Gasteiger partial charge in [-0.1, -0.05) is 9.05 Å². The molecule has 0 rings (SSSR count). The maximum absolute atomic E-state index is 10.3. The second-order valence-corrected chi connectivity index (χ2v) is 4.17. The quantitative estimate of drug-likeness (QED) is 0.430. The van der Waals surface area contributed by atoms with E-state index in [0.29, 0.717) is 0 Å². The van der Waals surface area contributed by atoms with Gasteiger partial charge < -0.3 is 5.11 Å². The number of hydrogen-bond acceptors (Lipinski definition) is 6. The van der Waals surface area contributed by atoms with Crippen molar-refractivity contribution in [2.75, 3.05) is 14.1 Å². The van der Waals surface area contributed by atoms with Crippen molar-refractivity contribution in [2.45, 2.75) is 18.9 Å². The van der Waals surface area contributed by atoms with Gasteiger partial charge in [-0.3, -0.25) is 4.90 Å². The molecule has 3 atom stereocenters. The third kappa shape index (κ3) is 7.84. The molecule has 10 heteroatoms. The van der Waals surface area contributed by atoms with Crippen LogP contribution in [0.4, 0.5) is 0 Å². The Kier molecular flexibility index (Phi) is 7.25. The zero-order chi connectivity index (χ0) is 12.0. The van der Waals surface area contributed by atoms with Gasteiger partial charge in [-0.25, -0.2) is 0 Å². The van der Waals surface area contributed by atoms with Gasteiger partial charge in [-0.2, -0.15) is 0 Å². The summed E-state index contributed by atoms with van der Waals surface area (Å²) in [7, 11) is -2.82. The first-order valence-electron chi connectivity index (χ1n) is 3.83. The Balaban J connectivity index is 4.23. The van der Waals surface area contributed by atoms with Crippen LogP contribution in [0.15, 0.2) is 0 Å². The molecule has 0 aliphatic heterocycles. The Bertz CT molecular complexity index is 219. The van der Waals surface area contributed by atoms with E-state index in [1.807, 2.05) is 0 Å². The fourth-order valence-corrected chi connectivity index (χ4v) is 1.42. The standard InChI is InChI=1S/C5H11NO7P2/c1-6(2)4(7)3-5(12-14(8)9)13-15(10)11/h4-5,7H,3H2,1-2H3/p+2. The summed E-state index contributed by atoms with van der Waals surface area (Å²) < 4.78 is 29.2. The van der Waals surface area contributed by atoms with Crippen molar-refractivity contribution < 1.29 is 33.1 Å². The first-order chi connectivity index (χ1) is 6.82. The highest BCUT2D eigenvalue weighted by molar-refractivity contribution is 7.32. The molecule has 0 fully saturated rings. The van der Waals surface area contributed by atoms with Gasteiger partial charge in [0.05, 0.1) is 0 Å². The molecule has 15 heavy (non-hydrogen) atoms. The Morgan fingerprint density at radius 3 is 1.87 bits per heavy atom. The summed E-state index contributed by atoms with van der Waals surface area (Å²) in [4.78, 5) is 18.2. The first-order valence-corrected chi connectivity index (χ1v) is 6.09. The van der Waals surface area contributed by atoms with Crippen LogP contribution in [0.2, 0.25) is 0 Å². The molecule has 0 radical (unpaired) electrons. The fourth-order valence-electron chi connectivity index (χ4n) is 0.689. The molecule has 3 N–H and O–H groups in total. The van der Waals surface area contributed by atoms with Crippen LogP contribution < -0.4 is 0 Å². The second kappa shape index (κ2) is 7.27. The minimum atomic E-state index is -2.96. The number of nitrogens with zero attached hydrogens (tertiary/aromatic N) is 1. The summed E-state index contributed by atoms with van der Waals surface area (Å²) in [6.07, 6.45) is -2.65. The first kappa shape index (κ1) is 15.0. The second-order valence-electron chi connectivity index (χ2n) is 2.80. The van der Waals surface area contributed by atoms with Gasteiger partial charge in [-0.15, -0.1) is 9.79 Å². The number of hydrogen-bond donors (Lipinski definition) is 3. The molecule has 0 saturated carbocycles. The lowest BCUT2D eigenvalue weighted by atomic mass is 10.3. The van der Waals surface area contributed by atoms with Crippen LogP contribution in [0, 0.1) is 0 Å². The minimum absolute atomic E-state index is 0.226. The normalized spacial score (nSPS) is 17.5. The molecule has 0 spiro atoms. The summed E-state index contributed by atoms with van der Waals surface area (Å²) in [6, 6.07) is 0. The third-order valence-electron chi connectivity index (χ3n) is 1.41. The summed E-state index contributed by atoms with van der Waals surface area (Å²) >= 11 is 0. The largest absolute Gasteiger partial charge is 0.697 e. The Morgan fingerprint density at radius 2 is 1.60 bits per heavy atom. The Labute approximate surface area is 88.3 Å². The van der Waals surface area contributed by atoms with E-state index in [4.69, 9.17) is 9.79 Å². The molecule has 0 saturated heterocycles. The zero-order valence-corrected chi connectivity index (χ0v) is 9.97. The Hall–Kier alpha value is -0.0400. The fraction of sp³-hybridized carbons (Fsp3) is 1.00. The van der Waals surface area contributed by atoms with Crippen LogP contribution in [-0.2, 0) is 18.2 Å². The summed E-state index contributed by atoms with van der Waals surface area (Å²) in [5.74, 6) is 0. The number of aliphatic hydroxyl groups is 1. The zero-order valence-electron chi connectivity index (χ0n) is 8.18. The molecule has 0 aromatic rings. The van der Waals surface area contributed by atoms with Crippen molar-refractivity contribution in [3.8, 4) is 0 Å². The highest BCUT2D eigenvalue weighted by Gasteiger charge is 2.34. The summed E-state index contributed by atoms with van der Waals surface area (Å²) in [6.45, 7) is 0. The molecule has 0 aromatic heterocycles. The predicted molar refractivity (Wildman–Crippen MR) is 49.9 cm³/mol. The van der Waals surface area contributed by atoms with Crippen LogP contribution >= 0.6 is 16.5 Å².